The molecule has 1 saturated heterocycles. The molecule has 0 aromatic rings. The average Bonchev–Trinajstić information content (AvgIpc) is 2.43. The Morgan fingerprint density at radius 2 is 2.15 bits per heavy atom. The van der Waals surface area contributed by atoms with Gasteiger partial charge >= 0.3 is 0 Å². The second-order valence-electron chi connectivity index (χ2n) is 4.68. The van der Waals surface area contributed by atoms with Gasteiger partial charge in [0.25, 0.3) is 0 Å². The molecule has 1 heterocycles. The number of amides is 1. The molecule has 1 amide bonds. The van der Waals surface area contributed by atoms with E-state index in [4.69, 9.17) is 0 Å². The van der Waals surface area contributed by atoms with E-state index in [1.54, 1.807) is 0 Å². The van der Waals surface area contributed by atoms with E-state index in [-0.39, 0.29) is 11.9 Å². The SMILES string of the molecule is CNC(C)C(=O)N1CCC(C)(C)C1. The first-order chi connectivity index (χ1) is 5.96. The molecule has 0 bridgehead atoms. The summed E-state index contributed by atoms with van der Waals surface area (Å²) in [4.78, 5) is 13.7. The minimum absolute atomic E-state index is 0.0473. The maximum absolute atomic E-state index is 11.7. The lowest BCUT2D eigenvalue weighted by Gasteiger charge is -2.22. The number of carbonyl (C=O) groups excluding carboxylic acids is 1. The van der Waals surface area contributed by atoms with E-state index in [0.717, 1.165) is 19.5 Å². The molecule has 13 heavy (non-hydrogen) atoms. The van der Waals surface area contributed by atoms with Crippen LogP contribution >= 0.6 is 0 Å². The second kappa shape index (κ2) is 3.66. The molecule has 0 aromatic carbocycles. The first kappa shape index (κ1) is 10.5. The van der Waals surface area contributed by atoms with Crippen molar-refractivity contribution in [3.05, 3.63) is 0 Å². The molecule has 3 heteroatoms. The highest BCUT2D eigenvalue weighted by atomic mass is 16.2. The molecule has 1 aliphatic rings. The molecule has 0 aliphatic carbocycles. The highest BCUT2D eigenvalue weighted by Gasteiger charge is 2.33. The average molecular weight is 184 g/mol. The molecule has 0 spiro atoms. The van der Waals surface area contributed by atoms with Crippen LogP contribution in [0.2, 0.25) is 0 Å². The molecule has 76 valence electrons. The molecule has 0 saturated carbocycles. The number of nitrogens with one attached hydrogen (secondary N) is 1. The van der Waals surface area contributed by atoms with E-state index in [9.17, 15) is 4.79 Å². The van der Waals surface area contributed by atoms with Crippen LogP contribution < -0.4 is 5.32 Å². The summed E-state index contributed by atoms with van der Waals surface area (Å²) < 4.78 is 0. The largest absolute Gasteiger partial charge is 0.341 e. The molecular formula is C10H20N2O. The predicted octanol–water partition coefficient (Wildman–Crippen LogP) is 0.853. The summed E-state index contributed by atoms with van der Waals surface area (Å²) >= 11 is 0. The third-order valence-corrected chi connectivity index (χ3v) is 2.79. The van der Waals surface area contributed by atoms with Gasteiger partial charge in [0.05, 0.1) is 6.04 Å². The smallest absolute Gasteiger partial charge is 0.239 e. The Balaban J connectivity index is 2.51. The van der Waals surface area contributed by atoms with Crippen LogP contribution in [0.1, 0.15) is 27.2 Å². The lowest BCUT2D eigenvalue weighted by atomic mass is 9.93. The number of likely N-dealkylation sites (N-methyl/N-ethyl adjacent to an activating group) is 1. The minimum Gasteiger partial charge on any atom is -0.341 e. The Labute approximate surface area is 80.5 Å². The molecular weight excluding hydrogens is 164 g/mol. The van der Waals surface area contributed by atoms with Crippen molar-refractivity contribution in [2.24, 2.45) is 5.41 Å². The maximum atomic E-state index is 11.7. The van der Waals surface area contributed by atoms with Crippen molar-refractivity contribution >= 4 is 5.91 Å². The van der Waals surface area contributed by atoms with Crippen LogP contribution in [-0.4, -0.2) is 37.0 Å². The third-order valence-electron chi connectivity index (χ3n) is 2.79. The van der Waals surface area contributed by atoms with Crippen molar-refractivity contribution in [2.75, 3.05) is 20.1 Å². The lowest BCUT2D eigenvalue weighted by Crippen LogP contribution is -2.42. The standard InChI is InChI=1S/C10H20N2O/c1-8(11-4)9(13)12-6-5-10(2,3)7-12/h8,11H,5-7H2,1-4H3. The summed E-state index contributed by atoms with van der Waals surface area (Å²) in [7, 11) is 1.82. The van der Waals surface area contributed by atoms with Gasteiger partial charge in [0.1, 0.15) is 0 Å². The predicted molar refractivity (Wildman–Crippen MR) is 53.5 cm³/mol. The second-order valence-corrected chi connectivity index (χ2v) is 4.68. The first-order valence-corrected chi connectivity index (χ1v) is 4.92. The van der Waals surface area contributed by atoms with E-state index in [2.05, 4.69) is 19.2 Å². The zero-order valence-electron chi connectivity index (χ0n) is 9.05. The minimum atomic E-state index is -0.0473. The van der Waals surface area contributed by atoms with Gasteiger partial charge in [-0.15, -0.1) is 0 Å². The van der Waals surface area contributed by atoms with Crippen LogP contribution in [0.5, 0.6) is 0 Å². The third kappa shape index (κ3) is 2.44. The van der Waals surface area contributed by atoms with Gasteiger partial charge in [-0.05, 0) is 25.8 Å². The summed E-state index contributed by atoms with van der Waals surface area (Å²) in [6.07, 6.45) is 1.12. The highest BCUT2D eigenvalue weighted by Crippen LogP contribution is 2.28. The monoisotopic (exact) mass is 184 g/mol. The van der Waals surface area contributed by atoms with Crippen molar-refractivity contribution < 1.29 is 4.79 Å². The van der Waals surface area contributed by atoms with Gasteiger partial charge in [0, 0.05) is 13.1 Å². The van der Waals surface area contributed by atoms with Crippen LogP contribution in [0.15, 0.2) is 0 Å². The zero-order chi connectivity index (χ0) is 10.1. The van der Waals surface area contributed by atoms with Crippen molar-refractivity contribution in [1.82, 2.24) is 10.2 Å². The van der Waals surface area contributed by atoms with E-state index >= 15 is 0 Å². The first-order valence-electron chi connectivity index (χ1n) is 4.92. The summed E-state index contributed by atoms with van der Waals surface area (Å²) in [5.41, 5.74) is 0.309. The molecule has 0 aromatic heterocycles. The van der Waals surface area contributed by atoms with Crippen LogP contribution in [0, 0.1) is 5.41 Å². The Kier molecular flexibility index (Phi) is 2.96. The zero-order valence-corrected chi connectivity index (χ0v) is 9.05. The van der Waals surface area contributed by atoms with E-state index in [1.807, 2.05) is 18.9 Å². The van der Waals surface area contributed by atoms with E-state index < -0.39 is 0 Å². The summed E-state index contributed by atoms with van der Waals surface area (Å²) in [6.45, 7) is 8.15. The van der Waals surface area contributed by atoms with E-state index in [1.165, 1.54) is 0 Å². The highest BCUT2D eigenvalue weighted by molar-refractivity contribution is 5.81. The van der Waals surface area contributed by atoms with Gasteiger partial charge in [0.15, 0.2) is 0 Å². The van der Waals surface area contributed by atoms with Crippen molar-refractivity contribution in [2.45, 2.75) is 33.2 Å². The van der Waals surface area contributed by atoms with Crippen molar-refractivity contribution in [3.63, 3.8) is 0 Å². The number of carbonyl (C=O) groups is 1. The molecule has 1 N–H and O–H groups in total. The molecule has 1 unspecified atom stereocenters. The summed E-state index contributed by atoms with van der Waals surface area (Å²) in [5, 5.41) is 2.98. The number of hydrogen-bond acceptors (Lipinski definition) is 2. The number of nitrogens with zero attached hydrogens (tertiary/aromatic N) is 1. The Bertz CT molecular complexity index is 201. The Morgan fingerprint density at radius 3 is 2.54 bits per heavy atom. The molecule has 1 aliphatic heterocycles. The molecule has 1 rings (SSSR count). The van der Waals surface area contributed by atoms with Gasteiger partial charge in [0.2, 0.25) is 5.91 Å². The van der Waals surface area contributed by atoms with Gasteiger partial charge in [-0.3, -0.25) is 4.79 Å². The van der Waals surface area contributed by atoms with Gasteiger partial charge < -0.3 is 10.2 Å². The number of likely N-dealkylation sites (tertiary alicyclic amines) is 1. The fourth-order valence-electron chi connectivity index (χ4n) is 1.70. The van der Waals surface area contributed by atoms with Crippen molar-refractivity contribution in [3.8, 4) is 0 Å². The fraction of sp³-hybridized carbons (Fsp3) is 0.900. The fourth-order valence-corrected chi connectivity index (χ4v) is 1.70. The molecule has 1 atom stereocenters. The van der Waals surface area contributed by atoms with Crippen molar-refractivity contribution in [1.29, 1.82) is 0 Å². The van der Waals surface area contributed by atoms with Crippen LogP contribution in [0.3, 0.4) is 0 Å². The maximum Gasteiger partial charge on any atom is 0.239 e. The molecule has 1 fully saturated rings. The summed E-state index contributed by atoms with van der Waals surface area (Å²) in [6, 6.07) is -0.0473. The molecule has 3 nitrogen and oxygen atoms in total. The number of rotatable bonds is 2. The van der Waals surface area contributed by atoms with Gasteiger partial charge in [-0.2, -0.15) is 0 Å². The van der Waals surface area contributed by atoms with Gasteiger partial charge in [-0.25, -0.2) is 0 Å². The molecule has 0 radical (unpaired) electrons. The van der Waals surface area contributed by atoms with Crippen LogP contribution in [0.25, 0.3) is 0 Å². The normalized spacial score (nSPS) is 23.2. The lowest BCUT2D eigenvalue weighted by molar-refractivity contribution is -0.132. The topological polar surface area (TPSA) is 32.3 Å². The summed E-state index contributed by atoms with van der Waals surface area (Å²) in [5.74, 6) is 0.230. The number of hydrogen-bond donors (Lipinski definition) is 1. The quantitative estimate of drug-likeness (QED) is 0.690. The van der Waals surface area contributed by atoms with E-state index in [0.29, 0.717) is 5.41 Å². The Hall–Kier alpha value is -0.570. The van der Waals surface area contributed by atoms with Crippen LogP contribution in [-0.2, 0) is 4.79 Å². The Morgan fingerprint density at radius 1 is 1.54 bits per heavy atom. The van der Waals surface area contributed by atoms with Crippen LogP contribution in [0.4, 0.5) is 0 Å². The van der Waals surface area contributed by atoms with Gasteiger partial charge in [-0.1, -0.05) is 13.8 Å².